The number of hydrogen-bond acceptors (Lipinski definition) is 4. The molecular weight excluding hydrogens is 268 g/mol. The van der Waals surface area contributed by atoms with Crippen molar-refractivity contribution in [3.63, 3.8) is 0 Å². The van der Waals surface area contributed by atoms with E-state index >= 15 is 0 Å². The zero-order chi connectivity index (χ0) is 15.0. The van der Waals surface area contributed by atoms with Crippen molar-refractivity contribution in [2.75, 3.05) is 13.1 Å². The third kappa shape index (κ3) is 2.54. The molecular formula is C15H18N4O2. The van der Waals surface area contributed by atoms with Gasteiger partial charge < -0.3 is 10.0 Å². The van der Waals surface area contributed by atoms with Gasteiger partial charge in [-0.3, -0.25) is 4.79 Å². The topological polar surface area (TPSA) is 71.2 Å². The van der Waals surface area contributed by atoms with Crippen molar-refractivity contribution < 1.29 is 9.90 Å². The van der Waals surface area contributed by atoms with Gasteiger partial charge in [-0.15, -0.1) is 5.10 Å². The molecule has 2 aromatic rings. The molecule has 2 heterocycles. The van der Waals surface area contributed by atoms with E-state index < -0.39 is 6.10 Å². The van der Waals surface area contributed by atoms with Crippen LogP contribution in [-0.4, -0.2) is 50.1 Å². The first kappa shape index (κ1) is 13.8. The van der Waals surface area contributed by atoms with Crippen LogP contribution >= 0.6 is 0 Å². The molecule has 1 aliphatic heterocycles. The van der Waals surface area contributed by atoms with Crippen LogP contribution in [0.5, 0.6) is 0 Å². The van der Waals surface area contributed by atoms with Gasteiger partial charge in [0.05, 0.1) is 17.5 Å². The van der Waals surface area contributed by atoms with Crippen molar-refractivity contribution in [3.8, 4) is 5.69 Å². The Labute approximate surface area is 123 Å². The van der Waals surface area contributed by atoms with Gasteiger partial charge in [-0.2, -0.15) is 0 Å². The van der Waals surface area contributed by atoms with Crippen LogP contribution in [0.4, 0.5) is 0 Å². The third-order valence-electron chi connectivity index (χ3n) is 3.83. The lowest BCUT2D eigenvalue weighted by molar-refractivity contribution is 0.0758. The molecule has 0 spiro atoms. The number of rotatable bonds is 2. The summed E-state index contributed by atoms with van der Waals surface area (Å²) in [5.74, 6) is -0.164. The molecule has 0 bridgehead atoms. The van der Waals surface area contributed by atoms with Crippen molar-refractivity contribution >= 4 is 5.91 Å². The second-order valence-corrected chi connectivity index (χ2v) is 5.46. The Bertz CT molecular complexity index is 663. The molecule has 21 heavy (non-hydrogen) atoms. The van der Waals surface area contributed by atoms with E-state index in [1.54, 1.807) is 9.58 Å². The van der Waals surface area contributed by atoms with Crippen LogP contribution in [0.1, 0.15) is 28.2 Å². The standard InChI is InChI=1S/C15H18N4O2/c1-10-3-5-12(6-4-10)19-11(2)14(16-17-19)15(21)18-8-7-13(20)9-18/h3-6,13,20H,7-9H2,1-2H3/t13-/m0/s1. The van der Waals surface area contributed by atoms with Gasteiger partial charge in [0.15, 0.2) is 5.69 Å². The molecule has 0 saturated carbocycles. The number of aliphatic hydroxyl groups is 1. The number of carbonyl (C=O) groups is 1. The quantitative estimate of drug-likeness (QED) is 0.897. The number of amides is 1. The predicted octanol–water partition coefficient (Wildman–Crippen LogP) is 1.09. The second-order valence-electron chi connectivity index (χ2n) is 5.46. The molecule has 1 atom stereocenters. The summed E-state index contributed by atoms with van der Waals surface area (Å²) in [6.45, 7) is 4.79. The summed E-state index contributed by atoms with van der Waals surface area (Å²) in [7, 11) is 0. The Morgan fingerprint density at radius 3 is 2.62 bits per heavy atom. The van der Waals surface area contributed by atoms with Crippen LogP contribution in [0.15, 0.2) is 24.3 Å². The first-order chi connectivity index (χ1) is 10.1. The van der Waals surface area contributed by atoms with E-state index in [9.17, 15) is 9.90 Å². The van der Waals surface area contributed by atoms with Crippen molar-refractivity contribution in [1.82, 2.24) is 19.9 Å². The van der Waals surface area contributed by atoms with E-state index in [1.807, 2.05) is 38.1 Å². The van der Waals surface area contributed by atoms with Gasteiger partial charge in [-0.1, -0.05) is 22.9 Å². The first-order valence-corrected chi connectivity index (χ1v) is 7.03. The number of β-amino-alcohol motifs (C(OH)–C–C–N with tert-alkyl or cyclic N) is 1. The lowest BCUT2D eigenvalue weighted by Crippen LogP contribution is -2.30. The summed E-state index contributed by atoms with van der Waals surface area (Å²) >= 11 is 0. The molecule has 6 heteroatoms. The van der Waals surface area contributed by atoms with E-state index in [0.717, 1.165) is 5.69 Å². The molecule has 1 aromatic heterocycles. The molecule has 1 saturated heterocycles. The molecule has 1 amide bonds. The highest BCUT2D eigenvalue weighted by Gasteiger charge is 2.28. The minimum atomic E-state index is -0.429. The molecule has 1 fully saturated rings. The monoisotopic (exact) mass is 286 g/mol. The molecule has 0 unspecified atom stereocenters. The fraction of sp³-hybridized carbons (Fsp3) is 0.400. The molecule has 110 valence electrons. The summed E-state index contributed by atoms with van der Waals surface area (Å²) < 4.78 is 1.67. The highest BCUT2D eigenvalue weighted by atomic mass is 16.3. The zero-order valence-electron chi connectivity index (χ0n) is 12.2. The summed E-state index contributed by atoms with van der Waals surface area (Å²) in [5, 5.41) is 17.6. The highest BCUT2D eigenvalue weighted by molar-refractivity contribution is 5.93. The fourth-order valence-corrected chi connectivity index (χ4v) is 2.53. The Kier molecular flexibility index (Phi) is 3.47. The zero-order valence-corrected chi connectivity index (χ0v) is 12.2. The van der Waals surface area contributed by atoms with E-state index in [4.69, 9.17) is 0 Å². The van der Waals surface area contributed by atoms with Crippen molar-refractivity contribution in [2.45, 2.75) is 26.4 Å². The summed E-state index contributed by atoms with van der Waals surface area (Å²) in [5.41, 5.74) is 3.11. The SMILES string of the molecule is Cc1ccc(-n2nnc(C(=O)N3CC[C@H](O)C3)c2C)cc1. The van der Waals surface area contributed by atoms with Gasteiger partial charge in [-0.25, -0.2) is 4.68 Å². The van der Waals surface area contributed by atoms with Gasteiger partial charge in [-0.05, 0) is 32.4 Å². The maximum Gasteiger partial charge on any atom is 0.276 e. The molecule has 0 radical (unpaired) electrons. The Morgan fingerprint density at radius 2 is 2.00 bits per heavy atom. The fourth-order valence-electron chi connectivity index (χ4n) is 2.53. The van der Waals surface area contributed by atoms with E-state index in [-0.39, 0.29) is 5.91 Å². The number of aliphatic hydroxyl groups excluding tert-OH is 1. The van der Waals surface area contributed by atoms with Gasteiger partial charge in [0.2, 0.25) is 0 Å². The minimum absolute atomic E-state index is 0.164. The molecule has 1 aliphatic rings. The second kappa shape index (κ2) is 5.29. The number of likely N-dealkylation sites (tertiary alicyclic amines) is 1. The van der Waals surface area contributed by atoms with E-state index in [1.165, 1.54) is 5.56 Å². The van der Waals surface area contributed by atoms with Crippen LogP contribution in [0.3, 0.4) is 0 Å². The molecule has 6 nitrogen and oxygen atoms in total. The number of benzene rings is 1. The maximum absolute atomic E-state index is 12.4. The summed E-state index contributed by atoms with van der Waals surface area (Å²) in [6, 6.07) is 7.89. The average molecular weight is 286 g/mol. The Morgan fingerprint density at radius 1 is 1.29 bits per heavy atom. The lowest BCUT2D eigenvalue weighted by Gasteiger charge is -2.14. The number of hydrogen-bond donors (Lipinski definition) is 1. The van der Waals surface area contributed by atoms with Crippen LogP contribution in [0.25, 0.3) is 5.69 Å². The van der Waals surface area contributed by atoms with Crippen molar-refractivity contribution in [3.05, 3.63) is 41.2 Å². The normalized spacial score (nSPS) is 18.2. The first-order valence-electron chi connectivity index (χ1n) is 7.03. The molecule has 1 aromatic carbocycles. The van der Waals surface area contributed by atoms with Crippen molar-refractivity contribution in [1.29, 1.82) is 0 Å². The number of nitrogens with zero attached hydrogens (tertiary/aromatic N) is 4. The highest BCUT2D eigenvalue weighted by Crippen LogP contribution is 2.17. The Hall–Kier alpha value is -2.21. The van der Waals surface area contributed by atoms with E-state index in [0.29, 0.717) is 30.9 Å². The molecule has 0 aliphatic carbocycles. The van der Waals surface area contributed by atoms with Crippen molar-refractivity contribution in [2.24, 2.45) is 0 Å². The van der Waals surface area contributed by atoms with Crippen LogP contribution in [0, 0.1) is 13.8 Å². The number of aryl methyl sites for hydroxylation is 1. The van der Waals surface area contributed by atoms with Crippen LogP contribution < -0.4 is 0 Å². The predicted molar refractivity (Wildman–Crippen MR) is 77.4 cm³/mol. The third-order valence-corrected chi connectivity index (χ3v) is 3.83. The largest absolute Gasteiger partial charge is 0.391 e. The number of aromatic nitrogens is 3. The van der Waals surface area contributed by atoms with Gasteiger partial charge in [0.1, 0.15) is 0 Å². The average Bonchev–Trinajstić information content (AvgIpc) is 3.06. The molecule has 1 N–H and O–H groups in total. The van der Waals surface area contributed by atoms with Crippen LogP contribution in [0.2, 0.25) is 0 Å². The Balaban J connectivity index is 1.88. The van der Waals surface area contributed by atoms with E-state index in [2.05, 4.69) is 10.3 Å². The molecule has 3 rings (SSSR count). The smallest absolute Gasteiger partial charge is 0.276 e. The van der Waals surface area contributed by atoms with Gasteiger partial charge >= 0.3 is 0 Å². The van der Waals surface area contributed by atoms with Crippen LogP contribution in [-0.2, 0) is 0 Å². The summed E-state index contributed by atoms with van der Waals surface area (Å²) in [6.07, 6.45) is 0.193. The minimum Gasteiger partial charge on any atom is -0.391 e. The van der Waals surface area contributed by atoms with Gasteiger partial charge in [0, 0.05) is 13.1 Å². The maximum atomic E-state index is 12.4. The van der Waals surface area contributed by atoms with Gasteiger partial charge in [0.25, 0.3) is 5.91 Å². The summed E-state index contributed by atoms with van der Waals surface area (Å²) in [4.78, 5) is 14.0. The lowest BCUT2D eigenvalue weighted by atomic mass is 10.2. The number of carbonyl (C=O) groups excluding carboxylic acids is 1.